The van der Waals surface area contributed by atoms with E-state index in [1.165, 1.54) is 0 Å². The molecule has 1 amide bonds. The summed E-state index contributed by atoms with van der Waals surface area (Å²) in [7, 11) is 2.18. The van der Waals surface area contributed by atoms with Crippen molar-refractivity contribution in [3.8, 4) is 22.0 Å². The molecule has 0 bridgehead atoms. The van der Waals surface area contributed by atoms with Gasteiger partial charge in [0.05, 0.1) is 9.90 Å². The number of aryl methyl sites for hydroxylation is 2. The maximum atomic E-state index is 13.2. The maximum Gasteiger partial charge on any atom is 0.255 e. The average Bonchev–Trinajstić information content (AvgIpc) is 3.53. The molecule has 2 N–H and O–H groups in total. The fourth-order valence-electron chi connectivity index (χ4n) is 4.94. The van der Waals surface area contributed by atoms with Crippen molar-refractivity contribution in [3.05, 3.63) is 75.8 Å². The number of nitrogens with zero attached hydrogens (tertiary/aromatic N) is 3. The number of anilines is 2. The van der Waals surface area contributed by atoms with Gasteiger partial charge >= 0.3 is 0 Å². The molecule has 4 aromatic rings. The monoisotopic (exact) mass is 533 g/mol. The van der Waals surface area contributed by atoms with Crippen molar-refractivity contribution in [2.75, 3.05) is 30.4 Å². The summed E-state index contributed by atoms with van der Waals surface area (Å²) in [5.74, 6) is 0.533. The predicted molar refractivity (Wildman–Crippen MR) is 155 cm³/mol. The molecule has 8 heteroatoms. The third-order valence-corrected chi connectivity index (χ3v) is 8.50. The molecule has 0 radical (unpaired) electrons. The highest BCUT2D eigenvalue weighted by molar-refractivity contribution is 7.13. The number of piperazine rings is 1. The number of aromatic nitrogens is 2. The molecule has 1 aliphatic heterocycles. The third-order valence-electron chi connectivity index (χ3n) is 7.30. The molecule has 6 nitrogen and oxygen atoms in total. The zero-order chi connectivity index (χ0) is 26.3. The quantitative estimate of drug-likeness (QED) is 0.294. The molecule has 192 valence electrons. The van der Waals surface area contributed by atoms with Crippen LogP contribution in [0.15, 0.2) is 53.9 Å². The summed E-state index contributed by atoms with van der Waals surface area (Å²) in [6.07, 6.45) is 0. The van der Waals surface area contributed by atoms with Gasteiger partial charge in [-0.2, -0.15) is 0 Å². The number of hydrogen-bond acceptors (Lipinski definition) is 5. The number of carbonyl (C=O) groups is 1. The fourth-order valence-corrected chi connectivity index (χ4v) is 5.92. The van der Waals surface area contributed by atoms with Crippen molar-refractivity contribution in [2.45, 2.75) is 39.8 Å². The molecule has 0 aliphatic carbocycles. The summed E-state index contributed by atoms with van der Waals surface area (Å²) in [6.45, 7) is 10.4. The SMILES string of the molecule is Cc1cc(N2CC(C)N(C)[C@H](C)C2)ccc1C(=O)Nc1ccc(Cl)c(-c2nc(-c3cccs3)c(C)[nH]2)c1. The molecule has 5 rings (SSSR count). The summed E-state index contributed by atoms with van der Waals surface area (Å²) in [4.78, 5) is 27.3. The van der Waals surface area contributed by atoms with Crippen LogP contribution in [-0.4, -0.2) is 53.0 Å². The largest absolute Gasteiger partial charge is 0.368 e. The van der Waals surface area contributed by atoms with Crippen LogP contribution in [-0.2, 0) is 0 Å². The molecule has 1 unspecified atom stereocenters. The number of rotatable bonds is 5. The van der Waals surface area contributed by atoms with Gasteiger partial charge in [0.2, 0.25) is 0 Å². The Labute approximate surface area is 227 Å². The molecule has 0 spiro atoms. The standard InChI is InChI=1S/C29H32ClN5OS/c1-17-13-22(35-15-18(2)34(5)19(3)16-35)9-10-23(17)29(36)32-21-8-11-25(30)24(14-21)28-31-20(4)27(33-28)26-7-6-12-37-26/h6-14,18-19H,15-16H2,1-5H3,(H,31,33)(H,32,36)/t18-,19?/m1/s1. The van der Waals surface area contributed by atoms with E-state index in [4.69, 9.17) is 16.6 Å². The zero-order valence-corrected chi connectivity index (χ0v) is 23.4. The Morgan fingerprint density at radius 2 is 1.86 bits per heavy atom. The number of benzene rings is 2. The normalized spacial score (nSPS) is 18.3. The molecule has 1 fully saturated rings. The van der Waals surface area contributed by atoms with Crippen molar-refractivity contribution in [2.24, 2.45) is 0 Å². The number of likely N-dealkylation sites (N-methyl/N-ethyl adjacent to an activating group) is 1. The van der Waals surface area contributed by atoms with Gasteiger partial charge in [0.1, 0.15) is 11.5 Å². The highest BCUT2D eigenvalue weighted by Gasteiger charge is 2.27. The minimum atomic E-state index is -0.146. The van der Waals surface area contributed by atoms with Gasteiger partial charge < -0.3 is 15.2 Å². The van der Waals surface area contributed by atoms with E-state index in [1.807, 2.05) is 49.6 Å². The molecule has 37 heavy (non-hydrogen) atoms. The van der Waals surface area contributed by atoms with Crippen LogP contribution in [0.5, 0.6) is 0 Å². The van der Waals surface area contributed by atoms with Crippen molar-refractivity contribution in [1.29, 1.82) is 0 Å². The second kappa shape index (κ2) is 10.3. The van der Waals surface area contributed by atoms with Crippen LogP contribution < -0.4 is 10.2 Å². The lowest BCUT2D eigenvalue weighted by molar-refractivity contribution is 0.102. The van der Waals surface area contributed by atoms with Crippen LogP contribution in [0.2, 0.25) is 5.02 Å². The number of amides is 1. The van der Waals surface area contributed by atoms with Gasteiger partial charge in [-0.15, -0.1) is 11.3 Å². The zero-order valence-electron chi connectivity index (χ0n) is 21.8. The lowest BCUT2D eigenvalue weighted by Crippen LogP contribution is -2.55. The summed E-state index contributed by atoms with van der Waals surface area (Å²) in [6, 6.07) is 16.6. The number of hydrogen-bond donors (Lipinski definition) is 2. The van der Waals surface area contributed by atoms with E-state index in [0.29, 0.717) is 34.2 Å². The van der Waals surface area contributed by atoms with Crippen LogP contribution in [0.1, 0.15) is 35.5 Å². The van der Waals surface area contributed by atoms with Crippen LogP contribution in [0.3, 0.4) is 0 Å². The highest BCUT2D eigenvalue weighted by atomic mass is 35.5. The van der Waals surface area contributed by atoms with Gasteiger partial charge in [0, 0.05) is 53.4 Å². The summed E-state index contributed by atoms with van der Waals surface area (Å²) < 4.78 is 0. The predicted octanol–water partition coefficient (Wildman–Crippen LogP) is 6.86. The van der Waals surface area contributed by atoms with Crippen molar-refractivity contribution < 1.29 is 4.79 Å². The van der Waals surface area contributed by atoms with Gasteiger partial charge in [0.25, 0.3) is 5.91 Å². The Hall–Kier alpha value is -3.13. The van der Waals surface area contributed by atoms with Crippen LogP contribution >= 0.6 is 22.9 Å². The second-order valence-corrected chi connectivity index (χ2v) is 11.3. The smallest absolute Gasteiger partial charge is 0.255 e. The maximum absolute atomic E-state index is 13.2. The van der Waals surface area contributed by atoms with Crippen molar-refractivity contribution in [1.82, 2.24) is 14.9 Å². The summed E-state index contributed by atoms with van der Waals surface area (Å²) >= 11 is 8.18. The average molecular weight is 534 g/mol. The number of aromatic amines is 1. The van der Waals surface area contributed by atoms with E-state index in [-0.39, 0.29) is 5.91 Å². The Bertz CT molecular complexity index is 1420. The van der Waals surface area contributed by atoms with Gasteiger partial charge in [-0.1, -0.05) is 17.7 Å². The lowest BCUT2D eigenvalue weighted by Gasteiger charge is -2.43. The minimum absolute atomic E-state index is 0.146. The second-order valence-electron chi connectivity index (χ2n) is 9.95. The number of carbonyl (C=O) groups excluding carboxylic acids is 1. The lowest BCUT2D eigenvalue weighted by atomic mass is 10.0. The highest BCUT2D eigenvalue weighted by Crippen LogP contribution is 2.33. The van der Waals surface area contributed by atoms with E-state index in [2.05, 4.69) is 53.1 Å². The Morgan fingerprint density at radius 3 is 2.54 bits per heavy atom. The van der Waals surface area contributed by atoms with Gasteiger partial charge in [-0.05, 0) is 88.2 Å². The molecule has 3 heterocycles. The van der Waals surface area contributed by atoms with Crippen LogP contribution in [0, 0.1) is 13.8 Å². The van der Waals surface area contributed by atoms with Crippen LogP contribution in [0.4, 0.5) is 11.4 Å². The molecule has 2 aromatic heterocycles. The van der Waals surface area contributed by atoms with E-state index in [1.54, 1.807) is 17.4 Å². The summed E-state index contributed by atoms with van der Waals surface area (Å²) in [5, 5.41) is 5.65. The van der Waals surface area contributed by atoms with E-state index in [9.17, 15) is 4.79 Å². The number of halogens is 1. The van der Waals surface area contributed by atoms with Crippen molar-refractivity contribution >= 4 is 40.2 Å². The van der Waals surface area contributed by atoms with E-state index < -0.39 is 0 Å². The topological polar surface area (TPSA) is 64.3 Å². The van der Waals surface area contributed by atoms with Crippen molar-refractivity contribution in [3.63, 3.8) is 0 Å². The number of H-pyrrole nitrogens is 1. The fraction of sp³-hybridized carbons (Fsp3) is 0.310. The molecule has 2 aromatic carbocycles. The first kappa shape index (κ1) is 25.5. The first-order valence-electron chi connectivity index (χ1n) is 12.5. The molecular formula is C29H32ClN5OS. The molecular weight excluding hydrogens is 502 g/mol. The molecule has 2 atom stereocenters. The van der Waals surface area contributed by atoms with Crippen LogP contribution in [0.25, 0.3) is 22.0 Å². The van der Waals surface area contributed by atoms with E-state index in [0.717, 1.165) is 46.2 Å². The Morgan fingerprint density at radius 1 is 1.11 bits per heavy atom. The Kier molecular flexibility index (Phi) is 7.12. The minimum Gasteiger partial charge on any atom is -0.368 e. The molecule has 1 saturated heterocycles. The number of thiophene rings is 1. The first-order valence-corrected chi connectivity index (χ1v) is 13.8. The van der Waals surface area contributed by atoms with Gasteiger partial charge in [0.15, 0.2) is 0 Å². The molecule has 1 aliphatic rings. The van der Waals surface area contributed by atoms with E-state index >= 15 is 0 Å². The van der Waals surface area contributed by atoms with Gasteiger partial charge in [-0.3, -0.25) is 9.69 Å². The van der Waals surface area contributed by atoms with Gasteiger partial charge in [-0.25, -0.2) is 4.98 Å². The first-order chi connectivity index (χ1) is 17.7. The third kappa shape index (κ3) is 5.17. The molecule has 0 saturated carbocycles. The number of imidazole rings is 1. The summed E-state index contributed by atoms with van der Waals surface area (Å²) in [5.41, 5.74) is 6.06. The number of nitrogens with one attached hydrogen (secondary N) is 2. The Balaban J connectivity index is 1.35.